The third kappa shape index (κ3) is 2.95. The molecule has 0 amide bonds. The number of aromatic nitrogens is 5. The van der Waals surface area contributed by atoms with Gasteiger partial charge in [0.15, 0.2) is 11.6 Å². The van der Waals surface area contributed by atoms with E-state index in [0.717, 1.165) is 12.1 Å². The van der Waals surface area contributed by atoms with Gasteiger partial charge >= 0.3 is 6.01 Å². The van der Waals surface area contributed by atoms with Gasteiger partial charge in [-0.25, -0.2) is 13.5 Å². The van der Waals surface area contributed by atoms with Gasteiger partial charge in [-0.1, -0.05) is 0 Å². The first-order chi connectivity index (χ1) is 10.1. The molecule has 0 aliphatic carbocycles. The molecule has 3 aromatic rings. The lowest BCUT2D eigenvalue weighted by Gasteiger charge is -2.06. The van der Waals surface area contributed by atoms with E-state index >= 15 is 0 Å². The van der Waals surface area contributed by atoms with Crippen LogP contribution in [0.15, 0.2) is 36.7 Å². The Labute approximate surface area is 122 Å². The normalized spacial score (nSPS) is 10.6. The maximum Gasteiger partial charge on any atom is 0.328 e. The first-order valence-electron chi connectivity index (χ1n) is 5.66. The van der Waals surface area contributed by atoms with Crippen LogP contribution < -0.4 is 4.74 Å². The van der Waals surface area contributed by atoms with E-state index in [2.05, 4.69) is 20.1 Å². The number of benzene rings is 1. The molecular formula is C12H6ClF2N5O. The Morgan fingerprint density at radius 3 is 2.71 bits per heavy atom. The van der Waals surface area contributed by atoms with E-state index in [0.29, 0.717) is 6.07 Å². The topological polar surface area (TPSA) is 65.7 Å². The van der Waals surface area contributed by atoms with Crippen LogP contribution in [0.4, 0.5) is 8.78 Å². The van der Waals surface area contributed by atoms with E-state index in [4.69, 9.17) is 16.3 Å². The summed E-state index contributed by atoms with van der Waals surface area (Å²) in [6.45, 7) is 0. The Morgan fingerprint density at radius 1 is 1.14 bits per heavy atom. The predicted octanol–water partition coefficient (Wildman–Crippen LogP) is 2.78. The summed E-state index contributed by atoms with van der Waals surface area (Å²) in [5.74, 6) is -1.72. The van der Waals surface area contributed by atoms with Crippen molar-refractivity contribution < 1.29 is 13.5 Å². The molecule has 0 spiro atoms. The van der Waals surface area contributed by atoms with Gasteiger partial charge in [0.2, 0.25) is 5.28 Å². The van der Waals surface area contributed by atoms with Crippen molar-refractivity contribution in [1.29, 1.82) is 0 Å². The zero-order chi connectivity index (χ0) is 14.8. The molecule has 0 N–H and O–H groups in total. The lowest BCUT2D eigenvalue weighted by Crippen LogP contribution is -2.05. The van der Waals surface area contributed by atoms with Crippen LogP contribution in [0.3, 0.4) is 0 Å². The highest BCUT2D eigenvalue weighted by atomic mass is 35.5. The molecule has 0 aliphatic heterocycles. The van der Waals surface area contributed by atoms with Crippen LogP contribution in [0.2, 0.25) is 5.28 Å². The summed E-state index contributed by atoms with van der Waals surface area (Å²) in [6.07, 6.45) is 3.12. The maximum absolute atomic E-state index is 13.5. The van der Waals surface area contributed by atoms with Crippen molar-refractivity contribution in [2.45, 2.75) is 0 Å². The monoisotopic (exact) mass is 309 g/mol. The van der Waals surface area contributed by atoms with Crippen LogP contribution in [-0.4, -0.2) is 24.7 Å². The highest BCUT2D eigenvalue weighted by molar-refractivity contribution is 6.28. The quantitative estimate of drug-likeness (QED) is 0.744. The SMILES string of the molecule is Fc1ccc(Oc2nc(Cl)nc(-n3cccn3)n2)c(F)c1. The molecule has 0 saturated carbocycles. The van der Waals surface area contributed by atoms with Crippen molar-refractivity contribution in [1.82, 2.24) is 24.7 Å². The average Bonchev–Trinajstić information content (AvgIpc) is 2.95. The van der Waals surface area contributed by atoms with E-state index in [1.54, 1.807) is 12.3 Å². The zero-order valence-electron chi connectivity index (χ0n) is 10.2. The molecule has 3 rings (SSSR count). The largest absolute Gasteiger partial charge is 0.421 e. The van der Waals surface area contributed by atoms with E-state index in [1.807, 2.05) is 0 Å². The molecule has 106 valence electrons. The number of ether oxygens (including phenoxy) is 1. The maximum atomic E-state index is 13.5. The van der Waals surface area contributed by atoms with E-state index < -0.39 is 11.6 Å². The number of nitrogens with zero attached hydrogens (tertiary/aromatic N) is 5. The van der Waals surface area contributed by atoms with Crippen LogP contribution in [0.5, 0.6) is 11.8 Å². The Hall–Kier alpha value is -2.61. The predicted molar refractivity (Wildman–Crippen MR) is 68.4 cm³/mol. The molecule has 2 heterocycles. The molecule has 21 heavy (non-hydrogen) atoms. The number of hydrogen-bond donors (Lipinski definition) is 0. The standard InChI is InChI=1S/C12H6ClF2N5O/c13-10-17-11(20-5-1-4-16-20)19-12(18-10)21-9-3-2-7(14)6-8(9)15/h1-6H. The molecule has 0 fully saturated rings. The van der Waals surface area contributed by atoms with Gasteiger partial charge in [-0.05, 0) is 29.8 Å². The van der Waals surface area contributed by atoms with E-state index in [-0.39, 0.29) is 23.0 Å². The highest BCUT2D eigenvalue weighted by Crippen LogP contribution is 2.23. The fourth-order valence-corrected chi connectivity index (χ4v) is 1.66. The third-order valence-electron chi connectivity index (χ3n) is 2.38. The molecule has 0 unspecified atom stereocenters. The van der Waals surface area contributed by atoms with Crippen LogP contribution in [0.1, 0.15) is 0 Å². The van der Waals surface area contributed by atoms with Crippen LogP contribution >= 0.6 is 11.6 Å². The fraction of sp³-hybridized carbons (Fsp3) is 0. The molecular weight excluding hydrogens is 304 g/mol. The van der Waals surface area contributed by atoms with Crippen molar-refractivity contribution in [3.8, 4) is 17.7 Å². The molecule has 6 nitrogen and oxygen atoms in total. The summed E-state index contributed by atoms with van der Waals surface area (Å²) in [4.78, 5) is 11.5. The molecule has 0 radical (unpaired) electrons. The fourth-order valence-electron chi connectivity index (χ4n) is 1.51. The van der Waals surface area contributed by atoms with Crippen molar-refractivity contribution in [2.75, 3.05) is 0 Å². The second kappa shape index (κ2) is 5.41. The van der Waals surface area contributed by atoms with Crippen LogP contribution in [-0.2, 0) is 0 Å². The Morgan fingerprint density at radius 2 is 2.00 bits per heavy atom. The lowest BCUT2D eigenvalue weighted by atomic mass is 10.3. The Kier molecular flexibility index (Phi) is 3.44. The third-order valence-corrected chi connectivity index (χ3v) is 2.55. The molecule has 0 saturated heterocycles. The second-order valence-corrected chi connectivity index (χ2v) is 4.15. The molecule has 0 bridgehead atoms. The van der Waals surface area contributed by atoms with Gasteiger partial charge in [-0.2, -0.15) is 20.1 Å². The van der Waals surface area contributed by atoms with E-state index in [9.17, 15) is 8.78 Å². The zero-order valence-corrected chi connectivity index (χ0v) is 11.0. The van der Waals surface area contributed by atoms with Gasteiger partial charge < -0.3 is 4.74 Å². The summed E-state index contributed by atoms with van der Waals surface area (Å²) in [6, 6.07) is 4.29. The Balaban J connectivity index is 1.95. The van der Waals surface area contributed by atoms with Gasteiger partial charge in [0.05, 0.1) is 0 Å². The van der Waals surface area contributed by atoms with Crippen molar-refractivity contribution in [3.63, 3.8) is 0 Å². The summed E-state index contributed by atoms with van der Waals surface area (Å²) >= 11 is 5.76. The van der Waals surface area contributed by atoms with Crippen molar-refractivity contribution >= 4 is 11.6 Å². The number of rotatable bonds is 3. The van der Waals surface area contributed by atoms with Gasteiger partial charge in [0.1, 0.15) is 5.82 Å². The number of hydrogen-bond acceptors (Lipinski definition) is 5. The van der Waals surface area contributed by atoms with Crippen molar-refractivity contribution in [2.24, 2.45) is 0 Å². The minimum absolute atomic E-state index is 0.109. The second-order valence-electron chi connectivity index (χ2n) is 3.81. The molecule has 0 atom stereocenters. The molecule has 0 aliphatic rings. The Bertz CT molecular complexity index is 781. The van der Waals surface area contributed by atoms with E-state index in [1.165, 1.54) is 10.9 Å². The lowest BCUT2D eigenvalue weighted by molar-refractivity contribution is 0.405. The minimum Gasteiger partial charge on any atom is -0.421 e. The summed E-state index contributed by atoms with van der Waals surface area (Å²) in [5.41, 5.74) is 0. The highest BCUT2D eigenvalue weighted by Gasteiger charge is 2.12. The summed E-state index contributed by atoms with van der Waals surface area (Å²) in [7, 11) is 0. The molecule has 9 heteroatoms. The average molecular weight is 310 g/mol. The summed E-state index contributed by atoms with van der Waals surface area (Å²) < 4.78 is 32.8. The van der Waals surface area contributed by atoms with Crippen LogP contribution in [0, 0.1) is 11.6 Å². The number of halogens is 3. The smallest absolute Gasteiger partial charge is 0.328 e. The van der Waals surface area contributed by atoms with Gasteiger partial charge in [0.25, 0.3) is 5.95 Å². The minimum atomic E-state index is -0.882. The van der Waals surface area contributed by atoms with Gasteiger partial charge in [-0.15, -0.1) is 0 Å². The molecule has 2 aromatic heterocycles. The first kappa shape index (κ1) is 13.4. The first-order valence-corrected chi connectivity index (χ1v) is 6.04. The summed E-state index contributed by atoms with van der Waals surface area (Å²) in [5, 5.41) is 3.79. The molecule has 1 aromatic carbocycles. The van der Waals surface area contributed by atoms with Crippen molar-refractivity contribution in [3.05, 3.63) is 53.6 Å². The van der Waals surface area contributed by atoms with Gasteiger partial charge in [0, 0.05) is 18.5 Å². The van der Waals surface area contributed by atoms with Gasteiger partial charge in [-0.3, -0.25) is 0 Å². The van der Waals surface area contributed by atoms with Crippen LogP contribution in [0.25, 0.3) is 5.95 Å².